The molecule has 5 aromatic rings. The second-order valence-corrected chi connectivity index (χ2v) is 8.92. The van der Waals surface area contributed by atoms with E-state index < -0.39 is 0 Å². The quantitative estimate of drug-likeness (QED) is 0.347. The molecule has 0 spiro atoms. The van der Waals surface area contributed by atoms with Gasteiger partial charge in [-0.1, -0.05) is 24.3 Å². The fourth-order valence-electron chi connectivity index (χ4n) is 5.05. The van der Waals surface area contributed by atoms with Crippen molar-refractivity contribution in [2.24, 2.45) is 0 Å². The Morgan fingerprint density at radius 2 is 1.42 bits per heavy atom. The van der Waals surface area contributed by atoms with E-state index >= 15 is 0 Å². The molecule has 0 aliphatic carbocycles. The number of aromatic nitrogens is 3. The lowest BCUT2D eigenvalue weighted by atomic mass is 9.96. The SMILES string of the molecule is COc1ccc2nc(N3CCN(C(c4ccc(F)cc4)c4ccc(F)cc4)CC3)c3cccn3c2n1. The molecule has 0 atom stereocenters. The van der Waals surface area contributed by atoms with Gasteiger partial charge in [-0.15, -0.1) is 0 Å². The van der Waals surface area contributed by atoms with Crippen LogP contribution in [0.1, 0.15) is 17.2 Å². The topological polar surface area (TPSA) is 45.9 Å². The number of halogens is 2. The van der Waals surface area contributed by atoms with Gasteiger partial charge in [-0.3, -0.25) is 9.30 Å². The second-order valence-electron chi connectivity index (χ2n) is 8.92. The number of nitrogens with zero attached hydrogens (tertiary/aromatic N) is 5. The van der Waals surface area contributed by atoms with Gasteiger partial charge in [-0.2, -0.15) is 4.98 Å². The summed E-state index contributed by atoms with van der Waals surface area (Å²) < 4.78 is 34.7. The molecule has 2 aromatic carbocycles. The molecule has 0 radical (unpaired) electrons. The number of benzene rings is 2. The molecule has 0 N–H and O–H groups in total. The van der Waals surface area contributed by atoms with E-state index in [1.807, 2.05) is 53.1 Å². The number of anilines is 1. The fraction of sp³-hybridized carbons (Fsp3) is 0.214. The third-order valence-corrected chi connectivity index (χ3v) is 6.82. The van der Waals surface area contributed by atoms with Crippen molar-refractivity contribution in [2.45, 2.75) is 6.04 Å². The van der Waals surface area contributed by atoms with Crippen molar-refractivity contribution in [3.63, 3.8) is 0 Å². The minimum absolute atomic E-state index is 0.0945. The van der Waals surface area contributed by atoms with Crippen LogP contribution in [-0.2, 0) is 0 Å². The van der Waals surface area contributed by atoms with Gasteiger partial charge in [-0.25, -0.2) is 13.8 Å². The number of rotatable bonds is 5. The van der Waals surface area contributed by atoms with Gasteiger partial charge in [0.15, 0.2) is 11.5 Å². The van der Waals surface area contributed by atoms with E-state index in [-0.39, 0.29) is 17.7 Å². The van der Waals surface area contributed by atoms with Gasteiger partial charge in [-0.05, 0) is 53.6 Å². The molecule has 0 amide bonds. The first-order valence-electron chi connectivity index (χ1n) is 11.9. The third kappa shape index (κ3) is 4.03. The zero-order valence-corrected chi connectivity index (χ0v) is 19.8. The predicted octanol–water partition coefficient (Wildman–Crippen LogP) is 5.08. The predicted molar refractivity (Wildman–Crippen MR) is 135 cm³/mol. The molecule has 0 unspecified atom stereocenters. The van der Waals surface area contributed by atoms with Crippen LogP contribution in [0, 0.1) is 11.6 Å². The standard InChI is InChI=1S/C28H25F2N5O/c1-36-25-13-12-23-27(32-25)35-14-2-3-24(35)28(31-23)34-17-15-33(16-18-34)26(19-4-8-21(29)9-5-19)20-6-10-22(30)11-7-20/h2-14,26H,15-18H2,1H3. The van der Waals surface area contributed by atoms with Gasteiger partial charge in [0.2, 0.25) is 5.88 Å². The van der Waals surface area contributed by atoms with Crippen molar-refractivity contribution in [3.8, 4) is 5.88 Å². The second kappa shape index (κ2) is 9.20. The number of hydrogen-bond acceptors (Lipinski definition) is 5. The molecule has 0 saturated carbocycles. The van der Waals surface area contributed by atoms with E-state index in [1.165, 1.54) is 24.3 Å². The highest BCUT2D eigenvalue weighted by atomic mass is 19.1. The summed E-state index contributed by atoms with van der Waals surface area (Å²) in [6.45, 7) is 3.07. The summed E-state index contributed by atoms with van der Waals surface area (Å²) in [6, 6.07) is 20.9. The first-order chi connectivity index (χ1) is 17.6. The lowest BCUT2D eigenvalue weighted by molar-refractivity contribution is 0.212. The summed E-state index contributed by atoms with van der Waals surface area (Å²) in [5.41, 5.74) is 4.51. The van der Waals surface area contributed by atoms with Crippen molar-refractivity contribution < 1.29 is 13.5 Å². The van der Waals surface area contributed by atoms with Crippen LogP contribution >= 0.6 is 0 Å². The number of fused-ring (bicyclic) bond motifs is 3. The summed E-state index contributed by atoms with van der Waals surface area (Å²) >= 11 is 0. The molecule has 1 aliphatic heterocycles. The Labute approximate surface area is 207 Å². The Hall–Kier alpha value is -4.04. The van der Waals surface area contributed by atoms with Gasteiger partial charge >= 0.3 is 0 Å². The molecule has 6 rings (SSSR count). The molecule has 1 aliphatic rings. The van der Waals surface area contributed by atoms with E-state index in [0.29, 0.717) is 5.88 Å². The van der Waals surface area contributed by atoms with E-state index in [4.69, 9.17) is 9.72 Å². The van der Waals surface area contributed by atoms with E-state index in [2.05, 4.69) is 20.9 Å². The Bertz CT molecular complexity index is 1460. The molecule has 1 fully saturated rings. The van der Waals surface area contributed by atoms with E-state index in [1.54, 1.807) is 7.11 Å². The molecule has 4 heterocycles. The number of pyridine rings is 1. The summed E-state index contributed by atoms with van der Waals surface area (Å²) in [6.07, 6.45) is 1.99. The molecule has 1 saturated heterocycles. The smallest absolute Gasteiger partial charge is 0.215 e. The molecule has 3 aromatic heterocycles. The van der Waals surface area contributed by atoms with Crippen LogP contribution in [0.2, 0.25) is 0 Å². The zero-order chi connectivity index (χ0) is 24.6. The number of methoxy groups -OCH3 is 1. The summed E-state index contributed by atoms with van der Waals surface area (Å²) in [7, 11) is 1.60. The highest BCUT2D eigenvalue weighted by molar-refractivity contribution is 5.83. The van der Waals surface area contributed by atoms with Crippen molar-refractivity contribution >= 4 is 22.5 Å². The van der Waals surface area contributed by atoms with Crippen LogP contribution in [0.4, 0.5) is 14.6 Å². The van der Waals surface area contributed by atoms with Crippen molar-refractivity contribution in [1.29, 1.82) is 0 Å². The van der Waals surface area contributed by atoms with E-state index in [0.717, 1.165) is 59.8 Å². The van der Waals surface area contributed by atoms with Crippen LogP contribution < -0.4 is 9.64 Å². The molecule has 6 nitrogen and oxygen atoms in total. The van der Waals surface area contributed by atoms with Gasteiger partial charge in [0.25, 0.3) is 0 Å². The van der Waals surface area contributed by atoms with Crippen LogP contribution in [-0.4, -0.2) is 52.6 Å². The summed E-state index contributed by atoms with van der Waals surface area (Å²) in [5, 5.41) is 0. The van der Waals surface area contributed by atoms with Crippen LogP contribution in [0.15, 0.2) is 79.0 Å². The lowest BCUT2D eigenvalue weighted by Crippen LogP contribution is -2.48. The lowest BCUT2D eigenvalue weighted by Gasteiger charge is -2.40. The Balaban J connectivity index is 1.31. The van der Waals surface area contributed by atoms with Gasteiger partial charge in [0, 0.05) is 38.4 Å². The highest BCUT2D eigenvalue weighted by Gasteiger charge is 2.28. The van der Waals surface area contributed by atoms with Crippen molar-refractivity contribution in [2.75, 3.05) is 38.2 Å². The Kier molecular flexibility index (Phi) is 5.73. The highest BCUT2D eigenvalue weighted by Crippen LogP contribution is 2.32. The summed E-state index contributed by atoms with van der Waals surface area (Å²) in [5.74, 6) is 0.923. The van der Waals surface area contributed by atoms with Crippen molar-refractivity contribution in [1.82, 2.24) is 19.3 Å². The minimum atomic E-state index is -0.271. The van der Waals surface area contributed by atoms with Crippen LogP contribution in [0.25, 0.3) is 16.7 Å². The minimum Gasteiger partial charge on any atom is -0.481 e. The molecule has 36 heavy (non-hydrogen) atoms. The number of piperazine rings is 1. The van der Waals surface area contributed by atoms with Crippen LogP contribution in [0.5, 0.6) is 5.88 Å². The normalized spacial score (nSPS) is 14.7. The number of hydrogen-bond donors (Lipinski definition) is 0. The largest absolute Gasteiger partial charge is 0.481 e. The van der Waals surface area contributed by atoms with Crippen molar-refractivity contribution in [3.05, 3.63) is 102 Å². The average Bonchev–Trinajstić information content (AvgIpc) is 3.41. The fourth-order valence-corrected chi connectivity index (χ4v) is 5.05. The Morgan fingerprint density at radius 1 is 0.778 bits per heavy atom. The molecular weight excluding hydrogens is 460 g/mol. The van der Waals surface area contributed by atoms with Gasteiger partial charge in [0.05, 0.1) is 18.7 Å². The average molecular weight is 486 g/mol. The molecule has 0 bridgehead atoms. The maximum Gasteiger partial charge on any atom is 0.215 e. The Morgan fingerprint density at radius 3 is 2.03 bits per heavy atom. The summed E-state index contributed by atoms with van der Waals surface area (Å²) in [4.78, 5) is 14.2. The molecule has 182 valence electrons. The third-order valence-electron chi connectivity index (χ3n) is 6.82. The van der Waals surface area contributed by atoms with Gasteiger partial charge < -0.3 is 9.64 Å². The first-order valence-corrected chi connectivity index (χ1v) is 11.9. The number of ether oxygens (including phenoxy) is 1. The first kappa shape index (κ1) is 22.4. The van der Waals surface area contributed by atoms with Gasteiger partial charge in [0.1, 0.15) is 17.2 Å². The maximum absolute atomic E-state index is 13.7. The molecular formula is C28H25F2N5O. The zero-order valence-electron chi connectivity index (χ0n) is 19.8. The maximum atomic E-state index is 13.7. The molecule has 8 heteroatoms. The monoisotopic (exact) mass is 485 g/mol. The van der Waals surface area contributed by atoms with Crippen LogP contribution in [0.3, 0.4) is 0 Å². The van der Waals surface area contributed by atoms with E-state index in [9.17, 15) is 8.78 Å².